The number of carboxylic acids is 1. The molecule has 2 unspecified atom stereocenters. The molecular formula is C35H43Cl2NO7. The van der Waals surface area contributed by atoms with Gasteiger partial charge in [0.25, 0.3) is 5.91 Å². The number of esters is 1. The second kappa shape index (κ2) is 19.4. The molecule has 0 aliphatic carbocycles. The van der Waals surface area contributed by atoms with Crippen LogP contribution in [0.25, 0.3) is 10.8 Å². The summed E-state index contributed by atoms with van der Waals surface area (Å²) in [6.45, 7) is 1.76. The van der Waals surface area contributed by atoms with Gasteiger partial charge in [-0.1, -0.05) is 84.6 Å². The van der Waals surface area contributed by atoms with Crippen molar-refractivity contribution >= 4 is 51.8 Å². The van der Waals surface area contributed by atoms with E-state index in [1.807, 2.05) is 24.3 Å². The number of carboxylic acid groups (broad SMARTS) is 1. The number of aryl methyl sites for hydroxylation is 2. The number of unbranched alkanes of at least 4 members (excludes halogenated alkanes) is 4. The van der Waals surface area contributed by atoms with E-state index in [1.54, 1.807) is 20.0 Å². The average molecular weight is 661 g/mol. The first-order chi connectivity index (χ1) is 21.7. The lowest BCUT2D eigenvalue weighted by molar-refractivity contribution is -0.177. The zero-order valence-electron chi connectivity index (χ0n) is 26.0. The molecule has 3 rings (SSSR count). The Labute approximate surface area is 275 Å². The fourth-order valence-electron chi connectivity index (χ4n) is 5.03. The van der Waals surface area contributed by atoms with E-state index in [0.717, 1.165) is 50.5 Å². The quantitative estimate of drug-likeness (QED) is 0.101. The normalized spacial score (nSPS) is 12.5. The highest BCUT2D eigenvalue weighted by Crippen LogP contribution is 2.23. The number of rotatable bonds is 20. The van der Waals surface area contributed by atoms with Crippen LogP contribution in [0.5, 0.6) is 0 Å². The van der Waals surface area contributed by atoms with E-state index in [2.05, 4.69) is 30.3 Å². The average Bonchev–Trinajstić information content (AvgIpc) is 3.02. The van der Waals surface area contributed by atoms with Gasteiger partial charge >= 0.3 is 11.9 Å². The number of amides is 1. The van der Waals surface area contributed by atoms with Crippen LogP contribution in [0, 0.1) is 0 Å². The molecule has 8 nitrogen and oxygen atoms in total. The van der Waals surface area contributed by atoms with Crippen molar-refractivity contribution in [3.05, 3.63) is 81.8 Å². The Morgan fingerprint density at radius 1 is 0.778 bits per heavy atom. The molecular weight excluding hydrogens is 617 g/mol. The number of fused-ring (bicyclic) bond motifs is 1. The topological polar surface area (TPSA) is 102 Å². The summed E-state index contributed by atoms with van der Waals surface area (Å²) in [5.74, 6) is -2.60. The first kappa shape index (κ1) is 36.3. The summed E-state index contributed by atoms with van der Waals surface area (Å²) in [5.41, 5.74) is 2.34. The number of carbonyl (C=O) groups excluding carboxylic acids is 2. The van der Waals surface area contributed by atoms with Crippen LogP contribution in [-0.4, -0.2) is 73.5 Å². The smallest absolute Gasteiger partial charge is 0.336 e. The minimum atomic E-state index is -1.66. The first-order valence-electron chi connectivity index (χ1n) is 15.5. The summed E-state index contributed by atoms with van der Waals surface area (Å²) in [4.78, 5) is 38.9. The third-order valence-electron chi connectivity index (χ3n) is 7.49. The van der Waals surface area contributed by atoms with Gasteiger partial charge in [-0.05, 0) is 79.5 Å². The maximum Gasteiger partial charge on any atom is 0.336 e. The fraction of sp³-hybridized carbons (Fsp3) is 0.457. The van der Waals surface area contributed by atoms with Crippen molar-refractivity contribution in [2.45, 2.75) is 70.5 Å². The molecule has 2 atom stereocenters. The lowest BCUT2D eigenvalue weighted by Gasteiger charge is -2.28. The standard InChI is InChI=1S/C35H43Cl2NO7/c1-3-43-31(39)24-45-33(35(41)42)32(44-21-11-5-7-13-26-17-19-29(36)30(37)23-26)34(40)38(2)20-10-4-6-12-25-16-18-27-14-8-9-15-28(27)22-25/h8-9,14-19,22-23,32-33H,3-7,10-13,20-21,24H2,1-2H3,(H,41,42). The third-order valence-corrected chi connectivity index (χ3v) is 8.23. The molecule has 45 heavy (non-hydrogen) atoms. The summed E-state index contributed by atoms with van der Waals surface area (Å²) in [6, 6.07) is 20.3. The van der Waals surface area contributed by atoms with Crippen molar-refractivity contribution in [2.24, 2.45) is 0 Å². The third kappa shape index (κ3) is 12.3. The van der Waals surface area contributed by atoms with Gasteiger partial charge in [0, 0.05) is 20.2 Å². The van der Waals surface area contributed by atoms with Gasteiger partial charge in [0.1, 0.15) is 6.61 Å². The lowest BCUT2D eigenvalue weighted by atomic mass is 10.0. The number of hydrogen-bond donors (Lipinski definition) is 1. The van der Waals surface area contributed by atoms with E-state index in [4.69, 9.17) is 37.4 Å². The van der Waals surface area contributed by atoms with Crippen molar-refractivity contribution in [2.75, 3.05) is 33.4 Å². The van der Waals surface area contributed by atoms with Crippen molar-refractivity contribution in [3.63, 3.8) is 0 Å². The van der Waals surface area contributed by atoms with Gasteiger partial charge in [0.05, 0.1) is 16.7 Å². The van der Waals surface area contributed by atoms with Crippen LogP contribution in [0.2, 0.25) is 10.0 Å². The van der Waals surface area contributed by atoms with Gasteiger partial charge in [-0.25, -0.2) is 9.59 Å². The molecule has 0 bridgehead atoms. The molecule has 0 saturated carbocycles. The summed E-state index contributed by atoms with van der Waals surface area (Å²) < 4.78 is 16.1. The molecule has 0 spiro atoms. The molecule has 0 radical (unpaired) electrons. The second-order valence-corrected chi connectivity index (χ2v) is 11.8. The number of carbonyl (C=O) groups is 3. The molecule has 0 aliphatic rings. The van der Waals surface area contributed by atoms with Gasteiger partial charge in [-0.3, -0.25) is 4.79 Å². The van der Waals surface area contributed by atoms with Gasteiger partial charge < -0.3 is 24.2 Å². The largest absolute Gasteiger partial charge is 0.479 e. The number of likely N-dealkylation sites (N-methyl/N-ethyl adjacent to an activating group) is 1. The maximum atomic E-state index is 13.5. The van der Waals surface area contributed by atoms with E-state index in [-0.39, 0.29) is 13.2 Å². The van der Waals surface area contributed by atoms with Crippen LogP contribution in [0.3, 0.4) is 0 Å². The highest BCUT2D eigenvalue weighted by Gasteiger charge is 2.38. The highest BCUT2D eigenvalue weighted by molar-refractivity contribution is 6.42. The summed E-state index contributed by atoms with van der Waals surface area (Å²) in [6.07, 6.45) is 3.51. The van der Waals surface area contributed by atoms with Crippen molar-refractivity contribution in [1.82, 2.24) is 4.90 Å². The number of benzene rings is 3. The molecule has 10 heteroatoms. The predicted molar refractivity (Wildman–Crippen MR) is 177 cm³/mol. The number of ether oxygens (including phenoxy) is 3. The maximum absolute atomic E-state index is 13.5. The molecule has 0 saturated heterocycles. The monoisotopic (exact) mass is 659 g/mol. The van der Waals surface area contributed by atoms with Crippen molar-refractivity contribution in [3.8, 4) is 0 Å². The van der Waals surface area contributed by atoms with Crippen LogP contribution >= 0.6 is 23.2 Å². The zero-order valence-corrected chi connectivity index (χ0v) is 27.5. The SMILES string of the molecule is CCOC(=O)COC(C(=O)O)C(OCCCCCc1ccc(Cl)c(Cl)c1)C(=O)N(C)CCCCCc1ccc2ccccc2c1. The van der Waals surface area contributed by atoms with E-state index >= 15 is 0 Å². The summed E-state index contributed by atoms with van der Waals surface area (Å²) in [5, 5.41) is 13.3. The Kier molecular flexibility index (Phi) is 15.6. The van der Waals surface area contributed by atoms with E-state index in [0.29, 0.717) is 23.0 Å². The molecule has 3 aromatic carbocycles. The lowest BCUT2D eigenvalue weighted by Crippen LogP contribution is -2.50. The number of hydrogen-bond acceptors (Lipinski definition) is 6. The number of aliphatic carboxylic acids is 1. The van der Waals surface area contributed by atoms with Crippen LogP contribution in [0.1, 0.15) is 56.6 Å². The van der Waals surface area contributed by atoms with Crippen molar-refractivity contribution < 1.29 is 33.7 Å². The van der Waals surface area contributed by atoms with E-state index in [9.17, 15) is 19.5 Å². The Hall–Kier alpha value is -3.17. The minimum Gasteiger partial charge on any atom is -0.479 e. The molecule has 0 heterocycles. The van der Waals surface area contributed by atoms with E-state index < -0.39 is 36.7 Å². The molecule has 244 valence electrons. The number of nitrogens with zero attached hydrogens (tertiary/aromatic N) is 1. The van der Waals surface area contributed by atoms with Crippen LogP contribution in [0.15, 0.2) is 60.7 Å². The van der Waals surface area contributed by atoms with E-state index in [1.165, 1.54) is 21.2 Å². The van der Waals surface area contributed by atoms with Crippen LogP contribution in [-0.2, 0) is 41.4 Å². The second-order valence-electron chi connectivity index (χ2n) is 11.0. The van der Waals surface area contributed by atoms with Crippen LogP contribution in [0.4, 0.5) is 0 Å². The Bertz CT molecular complexity index is 1400. The molecule has 1 amide bonds. The molecule has 0 aliphatic heterocycles. The highest BCUT2D eigenvalue weighted by atomic mass is 35.5. The molecule has 0 aromatic heterocycles. The number of halogens is 2. The predicted octanol–water partition coefficient (Wildman–Crippen LogP) is 7.15. The Morgan fingerprint density at radius 3 is 2.13 bits per heavy atom. The van der Waals surface area contributed by atoms with Gasteiger partial charge in [0.15, 0.2) is 12.2 Å². The molecule has 1 N–H and O–H groups in total. The summed E-state index contributed by atoms with van der Waals surface area (Å²) >= 11 is 12.1. The fourth-order valence-corrected chi connectivity index (χ4v) is 5.35. The molecule has 3 aromatic rings. The van der Waals surface area contributed by atoms with Crippen molar-refractivity contribution in [1.29, 1.82) is 0 Å². The zero-order chi connectivity index (χ0) is 32.6. The Balaban J connectivity index is 1.50. The van der Waals surface area contributed by atoms with Gasteiger partial charge in [-0.15, -0.1) is 0 Å². The van der Waals surface area contributed by atoms with Gasteiger partial charge in [0.2, 0.25) is 0 Å². The first-order valence-corrected chi connectivity index (χ1v) is 16.2. The Morgan fingerprint density at radius 2 is 1.44 bits per heavy atom. The molecule has 0 fully saturated rings. The summed E-state index contributed by atoms with van der Waals surface area (Å²) in [7, 11) is 1.63. The van der Waals surface area contributed by atoms with Crippen LogP contribution < -0.4 is 0 Å². The minimum absolute atomic E-state index is 0.130. The van der Waals surface area contributed by atoms with Gasteiger partial charge in [-0.2, -0.15) is 0 Å².